The highest BCUT2D eigenvalue weighted by Gasteiger charge is 2.22. The Labute approximate surface area is 105 Å². The Balaban J connectivity index is 2.13. The van der Waals surface area contributed by atoms with E-state index in [9.17, 15) is 4.79 Å². The summed E-state index contributed by atoms with van der Waals surface area (Å²) in [5.41, 5.74) is 0. The smallest absolute Gasteiger partial charge is 0.221 e. The van der Waals surface area contributed by atoms with Gasteiger partial charge in [-0.25, -0.2) is 0 Å². The zero-order chi connectivity index (χ0) is 12.8. The second kappa shape index (κ2) is 6.97. The first-order valence-electron chi connectivity index (χ1n) is 6.72. The Hall–Kier alpha value is -0.610. The number of piperidine rings is 1. The van der Waals surface area contributed by atoms with E-state index in [1.54, 1.807) is 0 Å². The number of likely N-dealkylation sites (tertiary alicyclic amines) is 1. The predicted molar refractivity (Wildman–Crippen MR) is 71.0 cm³/mol. The van der Waals surface area contributed by atoms with Crippen LogP contribution in [0.15, 0.2) is 0 Å². The molecule has 2 N–H and O–H groups in total. The minimum Gasteiger partial charge on any atom is -0.354 e. The van der Waals surface area contributed by atoms with E-state index >= 15 is 0 Å². The maximum Gasteiger partial charge on any atom is 0.221 e. The highest BCUT2D eigenvalue weighted by molar-refractivity contribution is 5.76. The van der Waals surface area contributed by atoms with Crippen LogP contribution in [0, 0.1) is 0 Å². The maximum absolute atomic E-state index is 11.5. The molecule has 4 nitrogen and oxygen atoms in total. The van der Waals surface area contributed by atoms with Crippen molar-refractivity contribution >= 4 is 5.91 Å². The van der Waals surface area contributed by atoms with Gasteiger partial charge in [-0.2, -0.15) is 0 Å². The average molecular weight is 241 g/mol. The van der Waals surface area contributed by atoms with Gasteiger partial charge in [0.25, 0.3) is 0 Å². The van der Waals surface area contributed by atoms with Crippen LogP contribution in [0.1, 0.15) is 40.0 Å². The zero-order valence-corrected chi connectivity index (χ0v) is 11.6. The summed E-state index contributed by atoms with van der Waals surface area (Å²) in [6.45, 7) is 8.18. The SMILES string of the molecule is CC(C)NC(=O)CCNC1CCN(C)C(C)C1. The standard InChI is InChI=1S/C13H27N3O/c1-10(2)15-13(17)5-7-14-12-6-8-16(4)11(3)9-12/h10-12,14H,5-9H2,1-4H3,(H,15,17). The maximum atomic E-state index is 11.5. The fraction of sp³-hybridized carbons (Fsp3) is 0.923. The lowest BCUT2D eigenvalue weighted by molar-refractivity contribution is -0.121. The van der Waals surface area contributed by atoms with Crippen LogP contribution in [0.25, 0.3) is 0 Å². The van der Waals surface area contributed by atoms with Gasteiger partial charge in [-0.05, 0) is 47.2 Å². The van der Waals surface area contributed by atoms with E-state index in [0.717, 1.165) is 13.1 Å². The number of hydrogen-bond donors (Lipinski definition) is 2. The summed E-state index contributed by atoms with van der Waals surface area (Å²) in [7, 11) is 2.18. The molecule has 0 bridgehead atoms. The molecule has 0 aromatic rings. The Bertz CT molecular complexity index is 243. The van der Waals surface area contributed by atoms with Gasteiger partial charge in [-0.15, -0.1) is 0 Å². The normalized spacial score (nSPS) is 26.2. The lowest BCUT2D eigenvalue weighted by Gasteiger charge is -2.35. The summed E-state index contributed by atoms with van der Waals surface area (Å²) in [6, 6.07) is 1.46. The minimum absolute atomic E-state index is 0.147. The summed E-state index contributed by atoms with van der Waals surface area (Å²) in [6.07, 6.45) is 2.95. The van der Waals surface area contributed by atoms with Gasteiger partial charge in [0, 0.05) is 31.1 Å². The average Bonchev–Trinajstić information content (AvgIpc) is 2.22. The van der Waals surface area contributed by atoms with Gasteiger partial charge in [0.05, 0.1) is 0 Å². The molecular formula is C13H27N3O. The van der Waals surface area contributed by atoms with E-state index < -0.39 is 0 Å². The third kappa shape index (κ3) is 5.50. The molecule has 0 aliphatic carbocycles. The van der Waals surface area contributed by atoms with Gasteiger partial charge in [0.15, 0.2) is 0 Å². The fourth-order valence-electron chi connectivity index (χ4n) is 2.26. The summed E-state index contributed by atoms with van der Waals surface area (Å²) >= 11 is 0. The molecule has 4 heteroatoms. The highest BCUT2D eigenvalue weighted by Crippen LogP contribution is 2.14. The van der Waals surface area contributed by atoms with Crippen molar-refractivity contribution < 1.29 is 4.79 Å². The molecule has 17 heavy (non-hydrogen) atoms. The number of amides is 1. The molecule has 0 radical (unpaired) electrons. The molecule has 1 heterocycles. The monoisotopic (exact) mass is 241 g/mol. The van der Waals surface area contributed by atoms with Crippen LogP contribution < -0.4 is 10.6 Å². The number of nitrogens with zero attached hydrogens (tertiary/aromatic N) is 1. The molecule has 1 fully saturated rings. The van der Waals surface area contributed by atoms with Crippen LogP contribution in [0.5, 0.6) is 0 Å². The van der Waals surface area contributed by atoms with E-state index in [1.165, 1.54) is 12.8 Å². The lowest BCUT2D eigenvalue weighted by atomic mass is 9.99. The van der Waals surface area contributed by atoms with Crippen LogP contribution >= 0.6 is 0 Å². The van der Waals surface area contributed by atoms with Gasteiger partial charge in [0.1, 0.15) is 0 Å². The van der Waals surface area contributed by atoms with Crippen LogP contribution in [0.2, 0.25) is 0 Å². The first kappa shape index (κ1) is 14.5. The summed E-state index contributed by atoms with van der Waals surface area (Å²) in [4.78, 5) is 13.8. The third-order valence-corrected chi connectivity index (χ3v) is 3.44. The number of hydrogen-bond acceptors (Lipinski definition) is 3. The Morgan fingerprint density at radius 1 is 1.47 bits per heavy atom. The van der Waals surface area contributed by atoms with Crippen LogP contribution in [0.3, 0.4) is 0 Å². The van der Waals surface area contributed by atoms with Crippen molar-refractivity contribution in [2.24, 2.45) is 0 Å². The number of rotatable bonds is 5. The molecule has 0 aromatic carbocycles. The molecular weight excluding hydrogens is 214 g/mol. The molecule has 2 unspecified atom stereocenters. The van der Waals surface area contributed by atoms with Crippen molar-refractivity contribution in [3.8, 4) is 0 Å². The van der Waals surface area contributed by atoms with Crippen LogP contribution in [-0.2, 0) is 4.79 Å². The van der Waals surface area contributed by atoms with E-state index in [-0.39, 0.29) is 11.9 Å². The molecule has 1 amide bonds. The van der Waals surface area contributed by atoms with Crippen LogP contribution in [0.4, 0.5) is 0 Å². The lowest BCUT2D eigenvalue weighted by Crippen LogP contribution is -2.46. The van der Waals surface area contributed by atoms with Gasteiger partial charge in [0.2, 0.25) is 5.91 Å². The van der Waals surface area contributed by atoms with Gasteiger partial charge in [-0.3, -0.25) is 4.79 Å². The fourth-order valence-corrected chi connectivity index (χ4v) is 2.26. The molecule has 1 aliphatic heterocycles. The topological polar surface area (TPSA) is 44.4 Å². The van der Waals surface area contributed by atoms with E-state index in [1.807, 2.05) is 13.8 Å². The van der Waals surface area contributed by atoms with Gasteiger partial charge < -0.3 is 15.5 Å². The summed E-state index contributed by atoms with van der Waals surface area (Å²) < 4.78 is 0. The second-order valence-corrected chi connectivity index (χ2v) is 5.48. The largest absolute Gasteiger partial charge is 0.354 e. The van der Waals surface area contributed by atoms with Gasteiger partial charge in [-0.1, -0.05) is 0 Å². The van der Waals surface area contributed by atoms with Crippen molar-refractivity contribution in [3.63, 3.8) is 0 Å². The van der Waals surface area contributed by atoms with Crippen molar-refractivity contribution in [1.29, 1.82) is 0 Å². The predicted octanol–water partition coefficient (Wildman–Crippen LogP) is 0.973. The highest BCUT2D eigenvalue weighted by atomic mass is 16.1. The van der Waals surface area contributed by atoms with Gasteiger partial charge >= 0.3 is 0 Å². The summed E-state index contributed by atoms with van der Waals surface area (Å²) in [5, 5.41) is 6.40. The second-order valence-electron chi connectivity index (χ2n) is 5.48. The molecule has 100 valence electrons. The van der Waals surface area contributed by atoms with Crippen molar-refractivity contribution in [1.82, 2.24) is 15.5 Å². The van der Waals surface area contributed by atoms with E-state index in [4.69, 9.17) is 0 Å². The minimum atomic E-state index is 0.147. The number of carbonyl (C=O) groups excluding carboxylic acids is 1. The quantitative estimate of drug-likeness (QED) is 0.754. The first-order chi connectivity index (χ1) is 7.99. The van der Waals surface area contributed by atoms with E-state index in [2.05, 4.69) is 29.5 Å². The third-order valence-electron chi connectivity index (χ3n) is 3.44. The molecule has 1 saturated heterocycles. The zero-order valence-electron chi connectivity index (χ0n) is 11.6. The van der Waals surface area contributed by atoms with E-state index in [0.29, 0.717) is 18.5 Å². The molecule has 1 aliphatic rings. The molecule has 0 spiro atoms. The van der Waals surface area contributed by atoms with Crippen LogP contribution in [-0.4, -0.2) is 49.1 Å². The Kier molecular flexibility index (Phi) is 5.92. The number of nitrogens with one attached hydrogen (secondary N) is 2. The van der Waals surface area contributed by atoms with Crippen molar-refractivity contribution in [2.45, 2.75) is 58.2 Å². The first-order valence-corrected chi connectivity index (χ1v) is 6.72. The van der Waals surface area contributed by atoms with Crippen molar-refractivity contribution in [2.75, 3.05) is 20.1 Å². The summed E-state index contributed by atoms with van der Waals surface area (Å²) in [5.74, 6) is 0.147. The number of carbonyl (C=O) groups is 1. The molecule has 0 saturated carbocycles. The Morgan fingerprint density at radius 2 is 2.18 bits per heavy atom. The molecule has 2 atom stereocenters. The Morgan fingerprint density at radius 3 is 2.76 bits per heavy atom. The molecule has 0 aromatic heterocycles. The van der Waals surface area contributed by atoms with Crippen molar-refractivity contribution in [3.05, 3.63) is 0 Å². The molecule has 1 rings (SSSR count).